The summed E-state index contributed by atoms with van der Waals surface area (Å²) in [5.41, 5.74) is 0. The number of rotatable bonds is 8. The molecule has 0 aromatic heterocycles. The van der Waals surface area contributed by atoms with Crippen LogP contribution in [0.3, 0.4) is 0 Å². The Morgan fingerprint density at radius 2 is 1.93 bits per heavy atom. The van der Waals surface area contributed by atoms with E-state index in [4.69, 9.17) is 5.11 Å². The molecule has 0 heterocycles. The van der Waals surface area contributed by atoms with E-state index in [1.54, 1.807) is 0 Å². The average molecular weight is 202 g/mol. The minimum Gasteiger partial charge on any atom is -0.481 e. The fourth-order valence-corrected chi connectivity index (χ4v) is 1.64. The van der Waals surface area contributed by atoms with Crippen LogP contribution in [0, 0.1) is 5.92 Å². The maximum atomic E-state index is 10.4. The highest BCUT2D eigenvalue weighted by molar-refractivity contribution is 5.66. The van der Waals surface area contributed by atoms with Crippen molar-refractivity contribution in [2.75, 3.05) is 0 Å². The van der Waals surface area contributed by atoms with Crippen LogP contribution in [0.25, 0.3) is 0 Å². The van der Waals surface area contributed by atoms with E-state index in [2.05, 4.69) is 6.92 Å². The second-order valence-corrected chi connectivity index (χ2v) is 3.81. The number of aliphatic carboxylic acids is 1. The summed E-state index contributed by atoms with van der Waals surface area (Å²) >= 11 is 0. The third-order valence-electron chi connectivity index (χ3n) is 2.62. The molecule has 84 valence electrons. The quantitative estimate of drug-likeness (QED) is 0.635. The van der Waals surface area contributed by atoms with Crippen molar-refractivity contribution in [3.63, 3.8) is 0 Å². The van der Waals surface area contributed by atoms with E-state index in [-0.39, 0.29) is 18.4 Å². The lowest BCUT2D eigenvalue weighted by Crippen LogP contribution is -2.20. The Labute approximate surface area is 86.1 Å². The minimum atomic E-state index is -0.769. The predicted molar refractivity (Wildman–Crippen MR) is 56.2 cm³/mol. The average Bonchev–Trinajstić information content (AvgIpc) is 2.16. The Bertz CT molecular complexity index is 157. The molecular formula is C11H22O3. The topological polar surface area (TPSA) is 57.5 Å². The van der Waals surface area contributed by atoms with Gasteiger partial charge in [-0.3, -0.25) is 4.79 Å². The van der Waals surface area contributed by atoms with Gasteiger partial charge in [-0.15, -0.1) is 0 Å². The second-order valence-electron chi connectivity index (χ2n) is 3.81. The van der Waals surface area contributed by atoms with Gasteiger partial charge < -0.3 is 10.2 Å². The summed E-state index contributed by atoms with van der Waals surface area (Å²) < 4.78 is 0. The van der Waals surface area contributed by atoms with Crippen molar-refractivity contribution < 1.29 is 15.0 Å². The van der Waals surface area contributed by atoms with E-state index < -0.39 is 5.97 Å². The number of aliphatic hydroxyl groups is 1. The monoisotopic (exact) mass is 202 g/mol. The van der Waals surface area contributed by atoms with Gasteiger partial charge in [0, 0.05) is 6.42 Å². The molecule has 3 nitrogen and oxygen atoms in total. The van der Waals surface area contributed by atoms with Gasteiger partial charge in [-0.1, -0.05) is 26.7 Å². The van der Waals surface area contributed by atoms with Gasteiger partial charge in [0.15, 0.2) is 0 Å². The lowest BCUT2D eigenvalue weighted by atomic mass is 9.90. The van der Waals surface area contributed by atoms with E-state index in [1.165, 1.54) is 0 Å². The molecule has 0 saturated heterocycles. The zero-order valence-electron chi connectivity index (χ0n) is 9.20. The molecule has 0 amide bonds. The lowest BCUT2D eigenvalue weighted by Gasteiger charge is -2.20. The largest absolute Gasteiger partial charge is 0.481 e. The molecule has 0 radical (unpaired) electrons. The summed E-state index contributed by atoms with van der Waals surface area (Å²) in [6.07, 6.45) is 4.27. The van der Waals surface area contributed by atoms with Gasteiger partial charge in [0.2, 0.25) is 0 Å². The number of carboxylic acids is 1. The van der Waals surface area contributed by atoms with Crippen LogP contribution < -0.4 is 0 Å². The van der Waals surface area contributed by atoms with Gasteiger partial charge in [0.05, 0.1) is 6.10 Å². The molecule has 0 saturated carbocycles. The molecule has 14 heavy (non-hydrogen) atoms. The highest BCUT2D eigenvalue weighted by Crippen LogP contribution is 2.20. The van der Waals surface area contributed by atoms with Crippen molar-refractivity contribution >= 4 is 5.97 Å². The first-order valence-electron chi connectivity index (χ1n) is 5.51. The summed E-state index contributed by atoms with van der Waals surface area (Å²) in [4.78, 5) is 10.4. The molecule has 0 aliphatic carbocycles. The number of carbonyl (C=O) groups is 1. The smallest absolute Gasteiger partial charge is 0.303 e. The first-order valence-corrected chi connectivity index (χ1v) is 5.51. The van der Waals surface area contributed by atoms with Crippen LogP contribution in [0.5, 0.6) is 0 Å². The highest BCUT2D eigenvalue weighted by Gasteiger charge is 2.17. The van der Waals surface area contributed by atoms with Gasteiger partial charge in [-0.25, -0.2) is 0 Å². The molecule has 0 rings (SSSR count). The van der Waals surface area contributed by atoms with Gasteiger partial charge in [-0.2, -0.15) is 0 Å². The molecule has 0 bridgehead atoms. The van der Waals surface area contributed by atoms with Crippen molar-refractivity contribution in [1.29, 1.82) is 0 Å². The number of unbranched alkanes of at least 4 members (excludes halogenated alkanes) is 1. The van der Waals surface area contributed by atoms with Crippen molar-refractivity contribution in [2.24, 2.45) is 5.92 Å². The fourth-order valence-electron chi connectivity index (χ4n) is 1.64. The van der Waals surface area contributed by atoms with Gasteiger partial charge in [0.1, 0.15) is 0 Å². The van der Waals surface area contributed by atoms with Crippen LogP contribution in [0.1, 0.15) is 52.4 Å². The Kier molecular flexibility index (Phi) is 7.48. The Morgan fingerprint density at radius 1 is 1.29 bits per heavy atom. The third kappa shape index (κ3) is 5.97. The zero-order chi connectivity index (χ0) is 11.0. The molecule has 0 spiro atoms. The van der Waals surface area contributed by atoms with Crippen molar-refractivity contribution in [3.8, 4) is 0 Å². The maximum Gasteiger partial charge on any atom is 0.303 e. The highest BCUT2D eigenvalue weighted by atomic mass is 16.4. The molecule has 0 aromatic carbocycles. The van der Waals surface area contributed by atoms with Gasteiger partial charge in [-0.05, 0) is 25.2 Å². The molecule has 3 heteroatoms. The van der Waals surface area contributed by atoms with E-state index in [9.17, 15) is 9.90 Å². The molecule has 0 aliphatic rings. The number of hydrogen-bond donors (Lipinski definition) is 2. The molecule has 2 unspecified atom stereocenters. The van der Waals surface area contributed by atoms with E-state index in [1.807, 2.05) is 6.92 Å². The standard InChI is InChI=1S/C11H22O3/c1-3-5-6-9(10(12)4-2)7-8-11(13)14/h9-10,12H,3-8H2,1-2H3,(H,13,14). The molecule has 0 aliphatic heterocycles. The summed E-state index contributed by atoms with van der Waals surface area (Å²) in [6.45, 7) is 4.04. The lowest BCUT2D eigenvalue weighted by molar-refractivity contribution is -0.137. The van der Waals surface area contributed by atoms with E-state index >= 15 is 0 Å². The van der Waals surface area contributed by atoms with Crippen LogP contribution in [0.4, 0.5) is 0 Å². The number of carboxylic acid groups (broad SMARTS) is 1. The van der Waals surface area contributed by atoms with Crippen LogP contribution >= 0.6 is 0 Å². The second kappa shape index (κ2) is 7.80. The SMILES string of the molecule is CCCCC(CCC(=O)O)C(O)CC. The Balaban J connectivity index is 3.89. The normalized spacial score (nSPS) is 15.1. The van der Waals surface area contributed by atoms with Crippen LogP contribution in [-0.4, -0.2) is 22.3 Å². The van der Waals surface area contributed by atoms with Crippen LogP contribution in [-0.2, 0) is 4.79 Å². The van der Waals surface area contributed by atoms with Crippen molar-refractivity contribution in [2.45, 2.75) is 58.5 Å². The summed E-state index contributed by atoms with van der Waals surface area (Å²) in [5, 5.41) is 18.2. The Morgan fingerprint density at radius 3 is 2.36 bits per heavy atom. The van der Waals surface area contributed by atoms with Crippen molar-refractivity contribution in [1.82, 2.24) is 0 Å². The molecule has 0 aromatic rings. The fraction of sp³-hybridized carbons (Fsp3) is 0.909. The van der Waals surface area contributed by atoms with Crippen molar-refractivity contribution in [3.05, 3.63) is 0 Å². The maximum absolute atomic E-state index is 10.4. The summed E-state index contributed by atoms with van der Waals surface area (Å²) in [6, 6.07) is 0. The predicted octanol–water partition coefficient (Wildman–Crippen LogP) is 2.43. The van der Waals surface area contributed by atoms with Crippen LogP contribution in [0.2, 0.25) is 0 Å². The van der Waals surface area contributed by atoms with Gasteiger partial charge >= 0.3 is 5.97 Å². The number of hydrogen-bond acceptors (Lipinski definition) is 2. The zero-order valence-corrected chi connectivity index (χ0v) is 9.20. The summed E-state index contributed by atoms with van der Waals surface area (Å²) in [7, 11) is 0. The van der Waals surface area contributed by atoms with E-state index in [0.29, 0.717) is 12.8 Å². The molecular weight excluding hydrogens is 180 g/mol. The first-order chi connectivity index (χ1) is 6.61. The molecule has 0 fully saturated rings. The molecule has 2 atom stereocenters. The van der Waals surface area contributed by atoms with E-state index in [0.717, 1.165) is 19.3 Å². The van der Waals surface area contributed by atoms with Gasteiger partial charge in [0.25, 0.3) is 0 Å². The Hall–Kier alpha value is -0.570. The number of aliphatic hydroxyl groups excluding tert-OH is 1. The minimum absolute atomic E-state index is 0.163. The van der Waals surface area contributed by atoms with Crippen LogP contribution in [0.15, 0.2) is 0 Å². The third-order valence-corrected chi connectivity index (χ3v) is 2.62. The first kappa shape index (κ1) is 13.4. The summed E-state index contributed by atoms with van der Waals surface area (Å²) in [5.74, 6) is -0.606. The molecule has 2 N–H and O–H groups in total.